The van der Waals surface area contributed by atoms with Crippen LogP contribution in [0.1, 0.15) is 46.4 Å². The number of piperidine rings is 2. The highest BCUT2D eigenvalue weighted by Crippen LogP contribution is 2.32. The molecule has 2 aromatic carbocycles. The summed E-state index contributed by atoms with van der Waals surface area (Å²) in [6.07, 6.45) is 4.09. The Balaban J connectivity index is 0.700. The maximum atomic E-state index is 13.1. The summed E-state index contributed by atoms with van der Waals surface area (Å²) in [5.74, 6) is -0.285. The normalized spacial score (nSPS) is 16.4. The average Bonchev–Trinajstić information content (AvgIpc) is 3.57. The number of anilines is 3. The Morgan fingerprint density at radius 3 is 2.19 bits per heavy atom. The molecule has 3 aliphatic rings. The van der Waals surface area contributed by atoms with E-state index in [9.17, 15) is 24.0 Å². The number of allylic oxidation sites excluding steroid dienone is 1. The van der Waals surface area contributed by atoms with E-state index in [2.05, 4.69) is 32.4 Å². The summed E-state index contributed by atoms with van der Waals surface area (Å²) in [5.41, 5.74) is 2.06. The third-order valence-electron chi connectivity index (χ3n) is 11.3. The average molecular weight is 947 g/mol. The summed E-state index contributed by atoms with van der Waals surface area (Å²) in [6.45, 7) is 8.78. The number of rotatable bonds is 24. The van der Waals surface area contributed by atoms with E-state index in [1.165, 1.54) is 17.7 Å². The lowest BCUT2D eigenvalue weighted by Crippen LogP contribution is -2.51. The summed E-state index contributed by atoms with van der Waals surface area (Å²) < 4.78 is 41.2. The van der Waals surface area contributed by atoms with Gasteiger partial charge in [0, 0.05) is 44.0 Å². The minimum absolute atomic E-state index is 0.0661. The molecule has 2 aromatic heterocycles. The van der Waals surface area contributed by atoms with E-state index in [-0.39, 0.29) is 47.7 Å². The number of hydrogen-bond donors (Lipinski definition) is 3. The molecule has 21 heteroatoms. The van der Waals surface area contributed by atoms with Crippen LogP contribution in [-0.4, -0.2) is 148 Å². The number of likely N-dealkylation sites (N-methyl/N-ethyl adjacent to an activating group) is 1. The first-order valence-corrected chi connectivity index (χ1v) is 22.5. The van der Waals surface area contributed by atoms with Crippen LogP contribution in [0.3, 0.4) is 0 Å². The van der Waals surface area contributed by atoms with E-state index >= 15 is 0 Å². The van der Waals surface area contributed by atoms with Crippen LogP contribution in [0.25, 0.3) is 10.9 Å². The molecule has 2 fully saturated rings. The SMILES string of the molecule is C=C1CCC(N2C(=O)c3ccc(OCCOCCOCCOCCOCCOC4CCN(c5ncc(Cl)c(Nc6ccc7c(c6)cc(OCC(=O)NC)c(=O)n7C)n5)CC4)cc3C2=O)C(=O)N1. The highest BCUT2D eigenvalue weighted by Gasteiger charge is 2.44. The molecule has 3 aliphatic heterocycles. The number of hydrogen-bond acceptors (Lipinski definition) is 16. The Bertz CT molecular complexity index is 2500. The standard InChI is InChI=1S/C46H55ClN8O12/c1-29-4-8-38(42(57)50-29)55-43(58)34-7-6-33(26-35(34)44(55)59)66-23-21-64-19-17-62-15-14-61-16-18-63-20-22-65-32-10-12-54(13-11-32)46-49-27-36(47)41(52-46)51-31-5-9-37-30(24-31)25-39(45(60)53(37)3)67-28-40(56)48-2/h5-7,9,24-27,32,38H,1,4,8,10-23,28H2,2-3H3,(H,48,56)(H,50,57)(H,49,51,52). The Hall–Kier alpha value is -6.16. The first-order chi connectivity index (χ1) is 32.5. The van der Waals surface area contributed by atoms with Gasteiger partial charge in [-0.05, 0) is 68.1 Å². The highest BCUT2D eigenvalue weighted by atomic mass is 35.5. The Morgan fingerprint density at radius 1 is 0.836 bits per heavy atom. The molecule has 1 unspecified atom stereocenters. The lowest BCUT2D eigenvalue weighted by Gasteiger charge is -2.32. The van der Waals surface area contributed by atoms with Crippen molar-refractivity contribution in [3.8, 4) is 11.5 Å². The van der Waals surface area contributed by atoms with Gasteiger partial charge in [-0.3, -0.25) is 28.9 Å². The van der Waals surface area contributed by atoms with Crippen molar-refractivity contribution < 1.29 is 52.3 Å². The van der Waals surface area contributed by atoms with E-state index < -0.39 is 23.8 Å². The zero-order valence-corrected chi connectivity index (χ0v) is 38.3. The molecule has 0 saturated carbocycles. The zero-order valence-electron chi connectivity index (χ0n) is 37.5. The van der Waals surface area contributed by atoms with Crippen LogP contribution in [-0.2, 0) is 40.3 Å². The van der Waals surface area contributed by atoms with Crippen LogP contribution in [0.2, 0.25) is 5.02 Å². The van der Waals surface area contributed by atoms with Crippen LogP contribution in [0.5, 0.6) is 11.5 Å². The Labute approximate surface area is 391 Å². The third kappa shape index (κ3) is 12.6. The molecule has 0 bridgehead atoms. The number of halogens is 1. The van der Waals surface area contributed by atoms with Crippen molar-refractivity contribution in [1.82, 2.24) is 30.1 Å². The number of benzene rings is 2. The fraction of sp³-hybridized carbons (Fsp3) is 0.457. The molecule has 2 saturated heterocycles. The van der Waals surface area contributed by atoms with Gasteiger partial charge in [-0.25, -0.2) is 4.98 Å². The van der Waals surface area contributed by atoms with Gasteiger partial charge in [0.2, 0.25) is 11.9 Å². The van der Waals surface area contributed by atoms with Crippen molar-refractivity contribution in [2.75, 3.05) is 103 Å². The summed E-state index contributed by atoms with van der Waals surface area (Å²) >= 11 is 6.50. The lowest BCUT2D eigenvalue weighted by atomic mass is 10.0. The second-order valence-electron chi connectivity index (χ2n) is 15.8. The summed E-state index contributed by atoms with van der Waals surface area (Å²) in [7, 11) is 3.14. The van der Waals surface area contributed by atoms with Gasteiger partial charge in [0.05, 0.1) is 88.4 Å². The highest BCUT2D eigenvalue weighted by molar-refractivity contribution is 6.33. The van der Waals surface area contributed by atoms with E-state index in [0.717, 1.165) is 23.1 Å². The summed E-state index contributed by atoms with van der Waals surface area (Å²) in [5, 5.41) is 9.44. The molecule has 0 aliphatic carbocycles. The second-order valence-corrected chi connectivity index (χ2v) is 16.2. The van der Waals surface area contributed by atoms with Gasteiger partial charge in [0.15, 0.2) is 18.2 Å². The molecular weight excluding hydrogens is 892 g/mol. The molecule has 1 atom stereocenters. The first kappa shape index (κ1) is 48.8. The van der Waals surface area contributed by atoms with Crippen molar-refractivity contribution >= 4 is 63.6 Å². The van der Waals surface area contributed by atoms with Crippen molar-refractivity contribution in [3.05, 3.63) is 87.4 Å². The van der Waals surface area contributed by atoms with Gasteiger partial charge in [0.25, 0.3) is 23.3 Å². The fourth-order valence-corrected chi connectivity index (χ4v) is 7.82. The molecule has 3 N–H and O–H groups in total. The van der Waals surface area contributed by atoms with E-state index in [1.807, 2.05) is 18.2 Å². The second kappa shape index (κ2) is 23.5. The van der Waals surface area contributed by atoms with Gasteiger partial charge >= 0.3 is 0 Å². The van der Waals surface area contributed by atoms with E-state index in [4.69, 9.17) is 49.7 Å². The van der Waals surface area contributed by atoms with Crippen molar-refractivity contribution in [2.24, 2.45) is 7.05 Å². The minimum atomic E-state index is -0.866. The number of imide groups is 1. The minimum Gasteiger partial charge on any atom is -0.491 e. The number of ether oxygens (including phenoxy) is 7. The Kier molecular flexibility index (Phi) is 17.1. The van der Waals surface area contributed by atoms with Crippen LogP contribution < -0.4 is 35.9 Å². The number of pyridine rings is 1. The molecule has 67 heavy (non-hydrogen) atoms. The van der Waals surface area contributed by atoms with Gasteiger partial charge in [0.1, 0.15) is 23.4 Å². The quantitative estimate of drug-likeness (QED) is 0.0677. The predicted octanol–water partition coefficient (Wildman–Crippen LogP) is 3.37. The number of aryl methyl sites for hydroxylation is 1. The number of amides is 4. The summed E-state index contributed by atoms with van der Waals surface area (Å²) in [6, 6.07) is 10.9. The van der Waals surface area contributed by atoms with E-state index in [0.29, 0.717) is 125 Å². The third-order valence-corrected chi connectivity index (χ3v) is 11.5. The number of aromatic nitrogens is 3. The van der Waals surface area contributed by atoms with Crippen LogP contribution >= 0.6 is 11.6 Å². The molecule has 20 nitrogen and oxygen atoms in total. The largest absolute Gasteiger partial charge is 0.491 e. The number of nitrogens with one attached hydrogen (secondary N) is 3. The van der Waals surface area contributed by atoms with Crippen LogP contribution in [0.15, 0.2) is 65.7 Å². The number of nitrogens with zero attached hydrogens (tertiary/aromatic N) is 5. The molecule has 4 amide bonds. The lowest BCUT2D eigenvalue weighted by molar-refractivity contribution is -0.125. The molecule has 358 valence electrons. The number of carbonyl (C=O) groups excluding carboxylic acids is 4. The first-order valence-electron chi connectivity index (χ1n) is 22.1. The van der Waals surface area contributed by atoms with Crippen molar-refractivity contribution in [1.29, 1.82) is 0 Å². The molecule has 5 heterocycles. The molecular formula is C46H55ClN8O12. The maximum Gasteiger partial charge on any atom is 0.293 e. The smallest absolute Gasteiger partial charge is 0.293 e. The fourth-order valence-electron chi connectivity index (χ4n) is 7.68. The number of fused-ring (bicyclic) bond motifs is 2. The van der Waals surface area contributed by atoms with Crippen LogP contribution in [0, 0.1) is 0 Å². The maximum absolute atomic E-state index is 13.1. The predicted molar refractivity (Wildman–Crippen MR) is 246 cm³/mol. The van der Waals surface area contributed by atoms with Gasteiger partial charge in [-0.15, -0.1) is 0 Å². The van der Waals surface area contributed by atoms with Gasteiger partial charge in [-0.2, -0.15) is 4.98 Å². The molecule has 4 aromatic rings. The topological polar surface area (TPSA) is 223 Å². The zero-order chi connectivity index (χ0) is 47.3. The Morgan fingerprint density at radius 2 is 1.51 bits per heavy atom. The van der Waals surface area contributed by atoms with Crippen molar-refractivity contribution in [3.63, 3.8) is 0 Å². The summed E-state index contributed by atoms with van der Waals surface area (Å²) in [4.78, 5) is 75.1. The monoisotopic (exact) mass is 946 g/mol. The van der Waals surface area contributed by atoms with Crippen LogP contribution in [0.4, 0.5) is 17.5 Å². The molecule has 7 rings (SSSR count). The molecule has 0 radical (unpaired) electrons. The van der Waals surface area contributed by atoms with E-state index in [1.54, 1.807) is 31.4 Å². The van der Waals surface area contributed by atoms with Crippen molar-refractivity contribution in [2.45, 2.75) is 37.8 Å². The van der Waals surface area contributed by atoms with Gasteiger partial charge < -0.3 is 58.6 Å². The van der Waals surface area contributed by atoms with Gasteiger partial charge in [-0.1, -0.05) is 18.2 Å². The molecule has 0 spiro atoms. The number of carbonyl (C=O) groups is 4.